The maximum absolute atomic E-state index is 13.7. The van der Waals surface area contributed by atoms with Crippen LogP contribution in [0.3, 0.4) is 0 Å². The SMILES string of the molecule is O=C(Nc1ccc(-n2cnnn2)cc1)c1cc2c(F)cccc2s1. The monoisotopic (exact) mass is 339 g/mol. The average molecular weight is 339 g/mol. The van der Waals surface area contributed by atoms with E-state index in [-0.39, 0.29) is 11.7 Å². The number of rotatable bonds is 3. The van der Waals surface area contributed by atoms with Crippen molar-refractivity contribution in [3.05, 3.63) is 65.6 Å². The third-order valence-corrected chi connectivity index (χ3v) is 4.57. The summed E-state index contributed by atoms with van der Waals surface area (Å²) in [6.45, 7) is 0. The van der Waals surface area contributed by atoms with Crippen molar-refractivity contribution in [2.75, 3.05) is 5.32 Å². The van der Waals surface area contributed by atoms with E-state index < -0.39 is 0 Å². The molecular weight excluding hydrogens is 329 g/mol. The second-order valence-electron chi connectivity index (χ2n) is 5.02. The van der Waals surface area contributed by atoms with Crippen LogP contribution in [0.25, 0.3) is 15.8 Å². The Morgan fingerprint density at radius 1 is 1.17 bits per heavy atom. The van der Waals surface area contributed by atoms with E-state index in [4.69, 9.17) is 0 Å². The lowest BCUT2D eigenvalue weighted by Gasteiger charge is -2.04. The Morgan fingerprint density at radius 3 is 2.71 bits per heavy atom. The van der Waals surface area contributed by atoms with E-state index >= 15 is 0 Å². The number of aromatic nitrogens is 4. The molecule has 0 bridgehead atoms. The molecule has 0 radical (unpaired) electrons. The summed E-state index contributed by atoms with van der Waals surface area (Å²) in [6, 6.07) is 13.5. The Morgan fingerprint density at radius 2 is 2.00 bits per heavy atom. The van der Waals surface area contributed by atoms with E-state index in [1.54, 1.807) is 42.5 Å². The van der Waals surface area contributed by atoms with Gasteiger partial charge in [-0.25, -0.2) is 9.07 Å². The fourth-order valence-electron chi connectivity index (χ4n) is 2.31. The van der Waals surface area contributed by atoms with Crippen LogP contribution in [-0.2, 0) is 0 Å². The summed E-state index contributed by atoms with van der Waals surface area (Å²) in [5.74, 6) is -0.598. The lowest BCUT2D eigenvalue weighted by molar-refractivity contribution is 0.103. The van der Waals surface area contributed by atoms with Gasteiger partial charge in [0.15, 0.2) is 0 Å². The van der Waals surface area contributed by atoms with Crippen LogP contribution in [0, 0.1) is 5.82 Å². The number of carbonyl (C=O) groups is 1. The minimum atomic E-state index is -0.325. The van der Waals surface area contributed by atoms with Crippen molar-refractivity contribution >= 4 is 33.0 Å². The van der Waals surface area contributed by atoms with Crippen molar-refractivity contribution in [2.24, 2.45) is 0 Å². The molecular formula is C16H10FN5OS. The van der Waals surface area contributed by atoms with Gasteiger partial charge in [-0.3, -0.25) is 4.79 Å². The predicted molar refractivity (Wildman–Crippen MR) is 88.9 cm³/mol. The van der Waals surface area contributed by atoms with Crippen molar-refractivity contribution in [2.45, 2.75) is 0 Å². The number of anilines is 1. The van der Waals surface area contributed by atoms with Crippen LogP contribution in [-0.4, -0.2) is 26.1 Å². The highest BCUT2D eigenvalue weighted by atomic mass is 32.1. The number of halogens is 1. The first-order valence-electron chi connectivity index (χ1n) is 7.03. The molecule has 0 unspecified atom stereocenters. The Kier molecular flexibility index (Phi) is 3.51. The molecule has 0 saturated heterocycles. The number of amides is 1. The summed E-state index contributed by atoms with van der Waals surface area (Å²) in [5, 5.41) is 14.2. The molecule has 0 aliphatic heterocycles. The quantitative estimate of drug-likeness (QED) is 0.622. The zero-order valence-electron chi connectivity index (χ0n) is 12.2. The molecule has 0 atom stereocenters. The molecule has 1 N–H and O–H groups in total. The fraction of sp³-hybridized carbons (Fsp3) is 0. The molecule has 118 valence electrons. The van der Waals surface area contributed by atoms with Gasteiger partial charge in [0.2, 0.25) is 0 Å². The van der Waals surface area contributed by atoms with Gasteiger partial charge in [-0.1, -0.05) is 6.07 Å². The molecule has 4 aromatic rings. The Balaban J connectivity index is 1.55. The van der Waals surface area contributed by atoms with E-state index in [1.807, 2.05) is 0 Å². The smallest absolute Gasteiger partial charge is 0.265 e. The Hall–Kier alpha value is -3.13. The number of tetrazole rings is 1. The normalized spacial score (nSPS) is 10.9. The highest BCUT2D eigenvalue weighted by Gasteiger charge is 2.12. The third-order valence-electron chi connectivity index (χ3n) is 3.47. The maximum atomic E-state index is 13.7. The number of hydrogen-bond acceptors (Lipinski definition) is 5. The topological polar surface area (TPSA) is 72.7 Å². The number of hydrogen-bond donors (Lipinski definition) is 1. The van der Waals surface area contributed by atoms with E-state index in [9.17, 15) is 9.18 Å². The zero-order valence-corrected chi connectivity index (χ0v) is 13.0. The molecule has 0 fully saturated rings. The van der Waals surface area contributed by atoms with Crippen LogP contribution in [0.4, 0.5) is 10.1 Å². The highest BCUT2D eigenvalue weighted by Crippen LogP contribution is 2.28. The minimum absolute atomic E-state index is 0.272. The van der Waals surface area contributed by atoms with Gasteiger partial charge >= 0.3 is 0 Å². The summed E-state index contributed by atoms with van der Waals surface area (Å²) in [5.41, 5.74) is 1.41. The van der Waals surface area contributed by atoms with Crippen molar-refractivity contribution < 1.29 is 9.18 Å². The van der Waals surface area contributed by atoms with Crippen LogP contribution in [0.15, 0.2) is 54.9 Å². The van der Waals surface area contributed by atoms with Crippen molar-refractivity contribution in [3.63, 3.8) is 0 Å². The maximum Gasteiger partial charge on any atom is 0.265 e. The van der Waals surface area contributed by atoms with Crippen LogP contribution >= 0.6 is 11.3 Å². The molecule has 2 aromatic carbocycles. The molecule has 8 heteroatoms. The minimum Gasteiger partial charge on any atom is -0.321 e. The molecule has 1 amide bonds. The first-order valence-corrected chi connectivity index (χ1v) is 7.85. The van der Waals surface area contributed by atoms with E-state index in [0.717, 1.165) is 10.4 Å². The molecule has 0 saturated carbocycles. The predicted octanol–water partition coefficient (Wildman–Crippen LogP) is 3.27. The molecule has 0 spiro atoms. The Labute approximate surface area is 139 Å². The van der Waals surface area contributed by atoms with Gasteiger partial charge in [0.05, 0.1) is 10.6 Å². The summed E-state index contributed by atoms with van der Waals surface area (Å²) >= 11 is 1.26. The van der Waals surface area contributed by atoms with Gasteiger partial charge in [-0.05, 0) is 52.9 Å². The van der Waals surface area contributed by atoms with Crippen molar-refractivity contribution in [3.8, 4) is 5.69 Å². The van der Waals surface area contributed by atoms with Crippen LogP contribution < -0.4 is 5.32 Å². The number of nitrogens with one attached hydrogen (secondary N) is 1. The molecule has 0 aliphatic rings. The van der Waals surface area contributed by atoms with Crippen molar-refractivity contribution in [1.82, 2.24) is 20.2 Å². The largest absolute Gasteiger partial charge is 0.321 e. The number of benzene rings is 2. The second kappa shape index (κ2) is 5.82. The summed E-state index contributed by atoms with van der Waals surface area (Å²) in [7, 11) is 0. The van der Waals surface area contributed by atoms with E-state index in [0.29, 0.717) is 16.0 Å². The second-order valence-corrected chi connectivity index (χ2v) is 6.10. The lowest BCUT2D eigenvalue weighted by Crippen LogP contribution is -2.10. The van der Waals surface area contributed by atoms with Gasteiger partial charge in [0.25, 0.3) is 5.91 Å². The first-order chi connectivity index (χ1) is 11.7. The molecule has 24 heavy (non-hydrogen) atoms. The number of nitrogens with zero attached hydrogens (tertiary/aromatic N) is 4. The average Bonchev–Trinajstić information content (AvgIpc) is 3.26. The van der Waals surface area contributed by atoms with Gasteiger partial charge in [-0.15, -0.1) is 16.4 Å². The van der Waals surface area contributed by atoms with Gasteiger partial charge in [0.1, 0.15) is 12.1 Å². The zero-order chi connectivity index (χ0) is 16.5. The third kappa shape index (κ3) is 2.63. The summed E-state index contributed by atoms with van der Waals surface area (Å²) < 4.78 is 16.0. The van der Waals surface area contributed by atoms with Crippen molar-refractivity contribution in [1.29, 1.82) is 0 Å². The Bertz CT molecular complexity index is 1010. The van der Waals surface area contributed by atoms with Crippen LogP contribution in [0.1, 0.15) is 9.67 Å². The number of fused-ring (bicyclic) bond motifs is 1. The molecule has 6 nitrogen and oxygen atoms in total. The first kappa shape index (κ1) is 14.5. The van der Waals surface area contributed by atoms with E-state index in [1.165, 1.54) is 28.4 Å². The van der Waals surface area contributed by atoms with Gasteiger partial charge in [-0.2, -0.15) is 0 Å². The standard InChI is InChI=1S/C16H10FN5OS/c17-13-2-1-3-14-12(13)8-15(24-14)16(23)19-10-4-6-11(7-5-10)22-9-18-20-21-22/h1-9H,(H,19,23). The van der Waals surface area contributed by atoms with Gasteiger partial charge < -0.3 is 5.32 Å². The molecule has 4 rings (SSSR count). The molecule has 0 aliphatic carbocycles. The molecule has 2 heterocycles. The van der Waals surface area contributed by atoms with Crippen LogP contribution in [0.5, 0.6) is 0 Å². The van der Waals surface area contributed by atoms with Crippen LogP contribution in [0.2, 0.25) is 0 Å². The number of carbonyl (C=O) groups excluding carboxylic acids is 1. The highest BCUT2D eigenvalue weighted by molar-refractivity contribution is 7.20. The molecule has 2 aromatic heterocycles. The number of thiophene rings is 1. The lowest BCUT2D eigenvalue weighted by atomic mass is 10.2. The fourth-order valence-corrected chi connectivity index (χ4v) is 3.28. The van der Waals surface area contributed by atoms with E-state index in [2.05, 4.69) is 20.8 Å². The summed E-state index contributed by atoms with van der Waals surface area (Å²) in [6.07, 6.45) is 1.49. The van der Waals surface area contributed by atoms with Gasteiger partial charge in [0, 0.05) is 15.8 Å². The summed E-state index contributed by atoms with van der Waals surface area (Å²) in [4.78, 5) is 12.8.